The predicted octanol–water partition coefficient (Wildman–Crippen LogP) is 4.91. The van der Waals surface area contributed by atoms with Gasteiger partial charge in [-0.1, -0.05) is 26.8 Å². The molecule has 33 heavy (non-hydrogen) atoms. The van der Waals surface area contributed by atoms with E-state index in [-0.39, 0.29) is 17.0 Å². The molecule has 0 unspecified atom stereocenters. The third-order valence-electron chi connectivity index (χ3n) is 6.02. The maximum absolute atomic E-state index is 13.3. The maximum atomic E-state index is 13.3. The molecule has 2 N–H and O–H groups in total. The van der Waals surface area contributed by atoms with Crippen LogP contribution in [0.1, 0.15) is 56.7 Å². The number of hydrogen-bond acceptors (Lipinski definition) is 6. The Morgan fingerprint density at radius 3 is 2.76 bits per heavy atom. The molecule has 0 bridgehead atoms. The predicted molar refractivity (Wildman–Crippen MR) is 135 cm³/mol. The van der Waals surface area contributed by atoms with Crippen LogP contribution in [0, 0.1) is 0 Å². The third kappa shape index (κ3) is 3.87. The summed E-state index contributed by atoms with van der Waals surface area (Å²) in [6.07, 6.45) is 2.69. The lowest BCUT2D eigenvalue weighted by atomic mass is 9.93. The number of nitrogens with one attached hydrogen (secondary N) is 2. The molecule has 1 aromatic carbocycles. The number of benzene rings is 1. The van der Waals surface area contributed by atoms with Crippen LogP contribution in [-0.4, -0.2) is 25.9 Å². The zero-order valence-electron chi connectivity index (χ0n) is 19.8. The Hall–Kier alpha value is -2.97. The minimum absolute atomic E-state index is 0.0241. The standard InChI is InChI=1S/C25H30N6OS/c1-15(2)30-23(32)19-14-27-24(28-18-7-6-16-8-10-26-13-17(16)12-18)29-22(19)31(30)20-9-11-33-21(20)25(3,4)5/h6-7,9,11-12,14-15,26H,8,10,13H2,1-5H3,(H,27,28,29). The average Bonchev–Trinajstić information content (AvgIpc) is 3.36. The molecule has 1 aliphatic rings. The lowest BCUT2D eigenvalue weighted by Crippen LogP contribution is -2.25. The summed E-state index contributed by atoms with van der Waals surface area (Å²) in [5.41, 5.74) is 5.11. The minimum Gasteiger partial charge on any atom is -0.324 e. The number of nitrogens with zero attached hydrogens (tertiary/aromatic N) is 4. The molecule has 1 aliphatic heterocycles. The highest BCUT2D eigenvalue weighted by Gasteiger charge is 2.26. The van der Waals surface area contributed by atoms with Crippen LogP contribution in [0.5, 0.6) is 0 Å². The van der Waals surface area contributed by atoms with E-state index in [2.05, 4.69) is 66.0 Å². The van der Waals surface area contributed by atoms with E-state index in [0.717, 1.165) is 30.9 Å². The van der Waals surface area contributed by atoms with E-state index in [4.69, 9.17) is 4.98 Å². The van der Waals surface area contributed by atoms with Gasteiger partial charge in [-0.15, -0.1) is 11.3 Å². The first-order valence-corrected chi connectivity index (χ1v) is 12.3. The molecule has 4 heterocycles. The van der Waals surface area contributed by atoms with Gasteiger partial charge in [0.2, 0.25) is 5.95 Å². The highest BCUT2D eigenvalue weighted by Crippen LogP contribution is 2.35. The molecule has 0 fully saturated rings. The molecule has 7 nitrogen and oxygen atoms in total. The third-order valence-corrected chi connectivity index (χ3v) is 7.34. The zero-order chi connectivity index (χ0) is 23.3. The van der Waals surface area contributed by atoms with E-state index < -0.39 is 0 Å². The van der Waals surface area contributed by atoms with Crippen molar-refractivity contribution >= 4 is 34.0 Å². The minimum atomic E-state index is -0.0718. The van der Waals surface area contributed by atoms with Crippen molar-refractivity contribution in [1.82, 2.24) is 24.6 Å². The fourth-order valence-corrected chi connectivity index (χ4v) is 5.44. The Morgan fingerprint density at radius 2 is 2.00 bits per heavy atom. The smallest absolute Gasteiger partial charge is 0.278 e. The van der Waals surface area contributed by atoms with Crippen LogP contribution in [0.3, 0.4) is 0 Å². The quantitative estimate of drug-likeness (QED) is 0.451. The van der Waals surface area contributed by atoms with Gasteiger partial charge in [-0.05, 0) is 66.9 Å². The Labute approximate surface area is 197 Å². The second-order valence-electron chi connectivity index (χ2n) is 9.91. The van der Waals surface area contributed by atoms with Gasteiger partial charge < -0.3 is 10.6 Å². The Bertz CT molecular complexity index is 1390. The van der Waals surface area contributed by atoms with Crippen LogP contribution in [0.2, 0.25) is 0 Å². The Kier molecular flexibility index (Phi) is 5.37. The second-order valence-corrected chi connectivity index (χ2v) is 10.8. The number of thiophene rings is 1. The largest absolute Gasteiger partial charge is 0.324 e. The van der Waals surface area contributed by atoms with Crippen LogP contribution in [0.15, 0.2) is 40.6 Å². The summed E-state index contributed by atoms with van der Waals surface area (Å²) in [6, 6.07) is 8.44. The highest BCUT2D eigenvalue weighted by atomic mass is 32.1. The van der Waals surface area contributed by atoms with Crippen LogP contribution in [0.4, 0.5) is 11.6 Å². The van der Waals surface area contributed by atoms with Gasteiger partial charge in [0.25, 0.3) is 5.56 Å². The monoisotopic (exact) mass is 462 g/mol. The van der Waals surface area contributed by atoms with Crippen molar-refractivity contribution in [2.45, 2.75) is 59.0 Å². The van der Waals surface area contributed by atoms with Gasteiger partial charge in [-0.2, -0.15) is 4.98 Å². The molecule has 0 spiro atoms. The number of fused-ring (bicyclic) bond motifs is 2. The molecule has 0 atom stereocenters. The SMILES string of the molecule is CC(C)n1c(=O)c2cnc(Nc3ccc4c(c3)CNCC4)nc2n1-c1ccsc1C(C)(C)C. The van der Waals surface area contributed by atoms with Gasteiger partial charge in [0, 0.05) is 29.3 Å². The molecule has 0 saturated carbocycles. The first-order valence-electron chi connectivity index (χ1n) is 11.4. The molecule has 0 radical (unpaired) electrons. The van der Waals surface area contributed by atoms with E-state index in [0.29, 0.717) is 17.0 Å². The fraction of sp³-hybridized carbons (Fsp3) is 0.400. The molecule has 3 aromatic heterocycles. The van der Waals surface area contributed by atoms with Crippen LogP contribution < -0.4 is 16.2 Å². The van der Waals surface area contributed by atoms with Crippen molar-refractivity contribution in [3.8, 4) is 5.69 Å². The summed E-state index contributed by atoms with van der Waals surface area (Å²) >= 11 is 1.71. The molecule has 5 rings (SSSR count). The van der Waals surface area contributed by atoms with Crippen molar-refractivity contribution in [2.75, 3.05) is 11.9 Å². The molecule has 0 amide bonds. The summed E-state index contributed by atoms with van der Waals surface area (Å²) in [6.45, 7) is 12.5. The lowest BCUT2D eigenvalue weighted by Gasteiger charge is -2.22. The second kappa shape index (κ2) is 8.11. The lowest BCUT2D eigenvalue weighted by molar-refractivity contribution is 0.471. The Balaban J connectivity index is 1.64. The number of rotatable bonds is 4. The summed E-state index contributed by atoms with van der Waals surface area (Å²) in [5, 5.41) is 9.37. The fourth-order valence-electron chi connectivity index (χ4n) is 4.47. The molecule has 4 aromatic rings. The van der Waals surface area contributed by atoms with Gasteiger partial charge in [0.15, 0.2) is 5.65 Å². The van der Waals surface area contributed by atoms with Crippen molar-refractivity contribution < 1.29 is 0 Å². The van der Waals surface area contributed by atoms with Gasteiger partial charge in [0.05, 0.1) is 5.69 Å². The van der Waals surface area contributed by atoms with Gasteiger partial charge in [-0.3, -0.25) is 4.79 Å². The van der Waals surface area contributed by atoms with Crippen LogP contribution in [-0.2, 0) is 18.4 Å². The first kappa shape index (κ1) is 21.9. The molecule has 8 heteroatoms. The number of hydrogen-bond donors (Lipinski definition) is 2. The van der Waals surface area contributed by atoms with E-state index in [1.807, 2.05) is 18.5 Å². The van der Waals surface area contributed by atoms with E-state index in [1.54, 1.807) is 22.2 Å². The average molecular weight is 463 g/mol. The van der Waals surface area contributed by atoms with Gasteiger partial charge in [-0.25, -0.2) is 14.3 Å². The number of aromatic nitrogens is 4. The normalized spacial score (nSPS) is 14.1. The van der Waals surface area contributed by atoms with Crippen molar-refractivity contribution in [1.29, 1.82) is 0 Å². The van der Waals surface area contributed by atoms with E-state index >= 15 is 0 Å². The maximum Gasteiger partial charge on any atom is 0.278 e. The van der Waals surface area contributed by atoms with Crippen molar-refractivity contribution in [3.05, 3.63) is 62.2 Å². The van der Waals surface area contributed by atoms with Crippen molar-refractivity contribution in [2.24, 2.45) is 0 Å². The molecular weight excluding hydrogens is 432 g/mol. The van der Waals surface area contributed by atoms with Gasteiger partial charge >= 0.3 is 0 Å². The van der Waals surface area contributed by atoms with Crippen LogP contribution >= 0.6 is 11.3 Å². The van der Waals surface area contributed by atoms with Crippen LogP contribution in [0.25, 0.3) is 16.7 Å². The summed E-state index contributed by atoms with van der Waals surface area (Å²) in [4.78, 5) is 23.8. The molecule has 0 aliphatic carbocycles. The highest BCUT2D eigenvalue weighted by molar-refractivity contribution is 7.10. The summed E-state index contributed by atoms with van der Waals surface area (Å²) in [5.74, 6) is 0.480. The van der Waals surface area contributed by atoms with E-state index in [9.17, 15) is 4.79 Å². The number of anilines is 2. The molecule has 0 saturated heterocycles. The van der Waals surface area contributed by atoms with E-state index in [1.165, 1.54) is 16.0 Å². The van der Waals surface area contributed by atoms with Gasteiger partial charge in [0.1, 0.15) is 5.39 Å². The molecular formula is C25H30N6OS. The summed E-state index contributed by atoms with van der Waals surface area (Å²) < 4.78 is 3.76. The first-order chi connectivity index (χ1) is 15.7. The van der Waals surface area contributed by atoms with Crippen molar-refractivity contribution in [3.63, 3.8) is 0 Å². The molecule has 172 valence electrons. The summed E-state index contributed by atoms with van der Waals surface area (Å²) in [7, 11) is 0. The topological polar surface area (TPSA) is 76.8 Å². The zero-order valence-corrected chi connectivity index (χ0v) is 20.6. The Morgan fingerprint density at radius 1 is 1.18 bits per heavy atom.